The minimum Gasteiger partial charge on any atom is -0.396 e. The molecular formula is C17H34N4O2. The van der Waals surface area contributed by atoms with Gasteiger partial charge in [0.05, 0.1) is 13.2 Å². The molecule has 2 aliphatic heterocycles. The lowest BCUT2D eigenvalue weighted by Gasteiger charge is -2.25. The van der Waals surface area contributed by atoms with Crippen LogP contribution in [0, 0.1) is 11.3 Å². The predicted octanol–water partition coefficient (Wildman–Crippen LogP) is 0.672. The Morgan fingerprint density at radius 3 is 2.87 bits per heavy atom. The van der Waals surface area contributed by atoms with Crippen LogP contribution in [0.5, 0.6) is 0 Å². The summed E-state index contributed by atoms with van der Waals surface area (Å²) in [6, 6.07) is 0. The molecule has 134 valence electrons. The topological polar surface area (TPSA) is 69.1 Å². The van der Waals surface area contributed by atoms with Crippen molar-refractivity contribution in [2.45, 2.75) is 33.1 Å². The average molecular weight is 326 g/mol. The summed E-state index contributed by atoms with van der Waals surface area (Å²) in [4.78, 5) is 7.28. The first-order chi connectivity index (χ1) is 11.2. The monoisotopic (exact) mass is 326 g/mol. The van der Waals surface area contributed by atoms with E-state index in [2.05, 4.69) is 29.4 Å². The van der Waals surface area contributed by atoms with Crippen molar-refractivity contribution < 1.29 is 9.84 Å². The first-order valence-corrected chi connectivity index (χ1v) is 9.14. The molecule has 6 heteroatoms. The molecule has 0 radical (unpaired) electrons. The Balaban J connectivity index is 1.84. The van der Waals surface area contributed by atoms with Gasteiger partial charge in [-0.2, -0.15) is 0 Å². The molecule has 2 aliphatic rings. The normalized spacial score (nSPS) is 29.2. The van der Waals surface area contributed by atoms with Crippen LogP contribution >= 0.6 is 0 Å². The number of nitrogens with one attached hydrogen (secondary N) is 2. The van der Waals surface area contributed by atoms with Crippen molar-refractivity contribution >= 4 is 5.96 Å². The van der Waals surface area contributed by atoms with E-state index in [0.717, 1.165) is 45.0 Å². The fourth-order valence-electron chi connectivity index (χ4n) is 3.48. The standard InChI is InChI=1S/C17H34N4O2/c1-3-18-16(19-11-15-5-8-21(4-2)12-15)20-13-17(6-9-22)7-10-23-14-17/h15,22H,3-14H2,1-2H3,(H2,18,19,20). The maximum atomic E-state index is 9.32. The molecule has 2 saturated heterocycles. The van der Waals surface area contributed by atoms with Gasteiger partial charge in [0.2, 0.25) is 0 Å². The zero-order valence-corrected chi connectivity index (χ0v) is 14.8. The molecule has 0 aromatic rings. The Hall–Kier alpha value is -0.850. The van der Waals surface area contributed by atoms with E-state index in [1.54, 1.807) is 0 Å². The van der Waals surface area contributed by atoms with E-state index < -0.39 is 0 Å². The molecule has 0 aliphatic carbocycles. The first kappa shape index (κ1) is 18.5. The molecule has 2 rings (SSSR count). The number of hydrogen-bond donors (Lipinski definition) is 3. The van der Waals surface area contributed by atoms with Gasteiger partial charge in [-0.15, -0.1) is 0 Å². The van der Waals surface area contributed by atoms with Gasteiger partial charge in [-0.05, 0) is 45.2 Å². The van der Waals surface area contributed by atoms with Crippen LogP contribution in [0.15, 0.2) is 4.99 Å². The molecular weight excluding hydrogens is 292 g/mol. The van der Waals surface area contributed by atoms with Crippen LogP contribution in [-0.2, 0) is 4.74 Å². The Morgan fingerprint density at radius 1 is 1.39 bits per heavy atom. The fraction of sp³-hybridized carbons (Fsp3) is 0.941. The number of ether oxygens (including phenoxy) is 1. The third-order valence-electron chi connectivity index (χ3n) is 5.12. The highest BCUT2D eigenvalue weighted by molar-refractivity contribution is 5.79. The second-order valence-electron chi connectivity index (χ2n) is 6.90. The average Bonchev–Trinajstić information content (AvgIpc) is 3.20. The lowest BCUT2D eigenvalue weighted by Crippen LogP contribution is -2.41. The number of aliphatic hydroxyl groups excluding tert-OH is 1. The Morgan fingerprint density at radius 2 is 2.26 bits per heavy atom. The van der Waals surface area contributed by atoms with Crippen LogP contribution in [0.25, 0.3) is 0 Å². The largest absolute Gasteiger partial charge is 0.396 e. The number of hydrogen-bond acceptors (Lipinski definition) is 4. The number of aliphatic imine (C=N–C) groups is 1. The summed E-state index contributed by atoms with van der Waals surface area (Å²) in [5.41, 5.74) is 0.0173. The third-order valence-corrected chi connectivity index (χ3v) is 5.12. The second kappa shape index (κ2) is 9.45. The predicted molar refractivity (Wildman–Crippen MR) is 93.8 cm³/mol. The van der Waals surface area contributed by atoms with E-state index >= 15 is 0 Å². The lowest BCUT2D eigenvalue weighted by atomic mass is 9.84. The number of aliphatic hydroxyl groups is 1. The first-order valence-electron chi connectivity index (χ1n) is 9.14. The van der Waals surface area contributed by atoms with Crippen molar-refractivity contribution in [2.75, 3.05) is 59.1 Å². The summed E-state index contributed by atoms with van der Waals surface area (Å²) < 4.78 is 5.54. The molecule has 2 unspecified atom stereocenters. The smallest absolute Gasteiger partial charge is 0.191 e. The van der Waals surface area contributed by atoms with Crippen molar-refractivity contribution in [3.63, 3.8) is 0 Å². The van der Waals surface area contributed by atoms with E-state index in [9.17, 15) is 5.11 Å². The van der Waals surface area contributed by atoms with Gasteiger partial charge in [-0.25, -0.2) is 0 Å². The van der Waals surface area contributed by atoms with Crippen LogP contribution in [0.3, 0.4) is 0 Å². The number of likely N-dealkylation sites (tertiary alicyclic amines) is 1. The van der Waals surface area contributed by atoms with E-state index in [-0.39, 0.29) is 12.0 Å². The summed E-state index contributed by atoms with van der Waals surface area (Å²) in [7, 11) is 0. The summed E-state index contributed by atoms with van der Waals surface area (Å²) in [6.07, 6.45) is 3.02. The molecule has 0 aromatic carbocycles. The Bertz CT molecular complexity index is 370. The molecule has 0 spiro atoms. The van der Waals surface area contributed by atoms with Gasteiger partial charge in [0, 0.05) is 38.3 Å². The zero-order valence-electron chi connectivity index (χ0n) is 14.8. The van der Waals surface area contributed by atoms with Gasteiger partial charge < -0.3 is 25.4 Å². The molecule has 3 N–H and O–H groups in total. The van der Waals surface area contributed by atoms with Crippen LogP contribution in [-0.4, -0.2) is 75.1 Å². The quantitative estimate of drug-likeness (QED) is 0.452. The second-order valence-corrected chi connectivity index (χ2v) is 6.90. The summed E-state index contributed by atoms with van der Waals surface area (Å²) in [5.74, 6) is 1.60. The maximum absolute atomic E-state index is 9.32. The Labute approximate surface area is 140 Å². The van der Waals surface area contributed by atoms with Gasteiger partial charge >= 0.3 is 0 Å². The fourth-order valence-corrected chi connectivity index (χ4v) is 3.48. The maximum Gasteiger partial charge on any atom is 0.191 e. The molecule has 0 bridgehead atoms. The van der Waals surface area contributed by atoms with E-state index in [1.165, 1.54) is 19.5 Å². The van der Waals surface area contributed by atoms with Crippen LogP contribution < -0.4 is 10.6 Å². The SMILES string of the molecule is CCNC(=NCC1(CCO)CCOC1)NCC1CCN(CC)C1. The van der Waals surface area contributed by atoms with Gasteiger partial charge in [-0.1, -0.05) is 6.92 Å². The van der Waals surface area contributed by atoms with Crippen molar-refractivity contribution in [2.24, 2.45) is 16.3 Å². The highest BCUT2D eigenvalue weighted by Crippen LogP contribution is 2.32. The molecule has 0 aromatic heterocycles. The molecule has 2 atom stereocenters. The zero-order chi connectivity index (χ0) is 16.5. The van der Waals surface area contributed by atoms with Gasteiger partial charge in [0.25, 0.3) is 0 Å². The third kappa shape index (κ3) is 5.62. The minimum absolute atomic E-state index is 0.0173. The highest BCUT2D eigenvalue weighted by Gasteiger charge is 2.34. The van der Waals surface area contributed by atoms with Gasteiger partial charge in [0.1, 0.15) is 0 Å². The summed E-state index contributed by atoms with van der Waals surface area (Å²) in [6.45, 7) is 12.1. The number of guanidine groups is 1. The molecule has 0 amide bonds. The summed E-state index contributed by atoms with van der Waals surface area (Å²) in [5, 5.41) is 16.2. The number of rotatable bonds is 8. The minimum atomic E-state index is 0.0173. The molecule has 2 heterocycles. The van der Waals surface area contributed by atoms with Crippen LogP contribution in [0.1, 0.15) is 33.1 Å². The van der Waals surface area contributed by atoms with Crippen molar-refractivity contribution in [1.82, 2.24) is 15.5 Å². The molecule has 2 fully saturated rings. The molecule has 23 heavy (non-hydrogen) atoms. The van der Waals surface area contributed by atoms with Crippen LogP contribution in [0.4, 0.5) is 0 Å². The van der Waals surface area contributed by atoms with E-state index in [0.29, 0.717) is 19.1 Å². The van der Waals surface area contributed by atoms with E-state index in [4.69, 9.17) is 9.73 Å². The molecule has 6 nitrogen and oxygen atoms in total. The summed E-state index contributed by atoms with van der Waals surface area (Å²) >= 11 is 0. The van der Waals surface area contributed by atoms with Crippen LogP contribution in [0.2, 0.25) is 0 Å². The van der Waals surface area contributed by atoms with E-state index in [1.807, 2.05) is 0 Å². The van der Waals surface area contributed by atoms with Gasteiger partial charge in [-0.3, -0.25) is 4.99 Å². The van der Waals surface area contributed by atoms with Crippen molar-refractivity contribution in [3.8, 4) is 0 Å². The van der Waals surface area contributed by atoms with Crippen molar-refractivity contribution in [3.05, 3.63) is 0 Å². The molecule has 0 saturated carbocycles. The number of nitrogens with zero attached hydrogens (tertiary/aromatic N) is 2. The van der Waals surface area contributed by atoms with Gasteiger partial charge in [0.15, 0.2) is 5.96 Å². The highest BCUT2D eigenvalue weighted by atomic mass is 16.5. The van der Waals surface area contributed by atoms with Crippen molar-refractivity contribution in [1.29, 1.82) is 0 Å². The Kier molecular flexibility index (Phi) is 7.59. The lowest BCUT2D eigenvalue weighted by molar-refractivity contribution is 0.131.